The van der Waals surface area contributed by atoms with Gasteiger partial charge in [-0.05, 0) is 33.6 Å². The number of nitrogens with zero attached hydrogens (tertiary/aromatic N) is 2. The van der Waals surface area contributed by atoms with Crippen LogP contribution in [0.2, 0.25) is 0 Å². The second kappa shape index (κ2) is 7.25. The average molecular weight is 395 g/mol. The van der Waals surface area contributed by atoms with Gasteiger partial charge in [0.15, 0.2) is 0 Å². The van der Waals surface area contributed by atoms with Crippen molar-refractivity contribution in [3.05, 3.63) is 0 Å². The lowest BCUT2D eigenvalue weighted by Crippen LogP contribution is -2.48. The molecule has 0 aliphatic carbocycles. The van der Waals surface area contributed by atoms with Gasteiger partial charge in [0.1, 0.15) is 5.60 Å². The summed E-state index contributed by atoms with van der Waals surface area (Å²) in [4.78, 5) is 53.1. The molecule has 9 nitrogen and oxygen atoms in total. The molecule has 0 aromatic rings. The van der Waals surface area contributed by atoms with E-state index in [1.165, 1.54) is 7.11 Å². The number of likely N-dealkylation sites (tertiary alicyclic amines) is 1. The first-order valence-electron chi connectivity index (χ1n) is 9.67. The van der Waals surface area contributed by atoms with Gasteiger partial charge in [-0.3, -0.25) is 14.4 Å². The molecule has 3 heterocycles. The van der Waals surface area contributed by atoms with E-state index in [9.17, 15) is 19.2 Å². The van der Waals surface area contributed by atoms with Crippen LogP contribution >= 0.6 is 0 Å². The van der Waals surface area contributed by atoms with Crippen molar-refractivity contribution in [2.24, 2.45) is 11.8 Å². The van der Waals surface area contributed by atoms with Crippen LogP contribution in [0.25, 0.3) is 0 Å². The Bertz CT molecular complexity index is 688. The predicted octanol–water partition coefficient (Wildman–Crippen LogP) is 0.520. The van der Waals surface area contributed by atoms with Crippen molar-refractivity contribution in [3.63, 3.8) is 0 Å². The molecule has 0 spiro atoms. The van der Waals surface area contributed by atoms with Gasteiger partial charge in [0.25, 0.3) is 0 Å². The standard InChI is InChI=1S/C19H29N3O6/c1-19(2,3)28-18(26)22-11-6-7-12(22)15(17(25)27-5)14(11)16(24)20-10-8-13(23)21(4)9-10/h10-12,14-15H,6-9H2,1-5H3,(H,20,24)/t10?,11-,12-,14-,15+/m0/s1. The van der Waals surface area contributed by atoms with Crippen LogP contribution in [0, 0.1) is 11.8 Å². The van der Waals surface area contributed by atoms with Crippen molar-refractivity contribution in [2.75, 3.05) is 20.7 Å². The normalized spacial score (nSPS) is 31.9. The Morgan fingerprint density at radius 2 is 1.71 bits per heavy atom. The van der Waals surface area contributed by atoms with Crippen LogP contribution in [0.15, 0.2) is 0 Å². The largest absolute Gasteiger partial charge is 0.469 e. The summed E-state index contributed by atoms with van der Waals surface area (Å²) in [6, 6.07) is -1.13. The van der Waals surface area contributed by atoms with Gasteiger partial charge in [-0.1, -0.05) is 0 Å². The van der Waals surface area contributed by atoms with E-state index < -0.39 is 41.6 Å². The van der Waals surface area contributed by atoms with Gasteiger partial charge in [-0.15, -0.1) is 0 Å². The van der Waals surface area contributed by atoms with Gasteiger partial charge >= 0.3 is 12.1 Å². The maximum atomic E-state index is 13.1. The van der Waals surface area contributed by atoms with E-state index in [1.807, 2.05) is 0 Å². The molecule has 1 N–H and O–H groups in total. The number of carbonyl (C=O) groups excluding carboxylic acids is 4. The lowest BCUT2D eigenvalue weighted by Gasteiger charge is -2.28. The zero-order valence-electron chi connectivity index (χ0n) is 17.1. The lowest BCUT2D eigenvalue weighted by molar-refractivity contribution is -0.151. The molecular weight excluding hydrogens is 366 g/mol. The van der Waals surface area contributed by atoms with E-state index in [4.69, 9.17) is 9.47 Å². The number of rotatable bonds is 3. The highest BCUT2D eigenvalue weighted by Gasteiger charge is 2.61. The van der Waals surface area contributed by atoms with Crippen LogP contribution in [0.3, 0.4) is 0 Å². The van der Waals surface area contributed by atoms with Crippen molar-refractivity contribution in [3.8, 4) is 0 Å². The summed E-state index contributed by atoms with van der Waals surface area (Å²) in [5.74, 6) is -2.28. The molecule has 5 atom stereocenters. The Morgan fingerprint density at radius 1 is 1.11 bits per heavy atom. The van der Waals surface area contributed by atoms with Crippen LogP contribution in [0.4, 0.5) is 4.79 Å². The Balaban J connectivity index is 1.80. The Kier molecular flexibility index (Phi) is 5.29. The molecule has 3 aliphatic heterocycles. The third-order valence-corrected chi connectivity index (χ3v) is 5.76. The van der Waals surface area contributed by atoms with E-state index in [-0.39, 0.29) is 24.3 Å². The quantitative estimate of drug-likeness (QED) is 0.699. The highest BCUT2D eigenvalue weighted by Crippen LogP contribution is 2.47. The molecule has 1 unspecified atom stereocenters. The van der Waals surface area contributed by atoms with Gasteiger partial charge in [0.2, 0.25) is 11.8 Å². The topological polar surface area (TPSA) is 105 Å². The van der Waals surface area contributed by atoms with Gasteiger partial charge in [0, 0.05) is 32.1 Å². The molecule has 9 heteroatoms. The predicted molar refractivity (Wildman–Crippen MR) is 98.1 cm³/mol. The van der Waals surface area contributed by atoms with Crippen molar-refractivity contribution in [1.82, 2.24) is 15.1 Å². The van der Waals surface area contributed by atoms with Crippen LogP contribution in [-0.4, -0.2) is 78.1 Å². The number of ether oxygens (including phenoxy) is 2. The van der Waals surface area contributed by atoms with Crippen molar-refractivity contribution in [2.45, 2.75) is 63.8 Å². The molecule has 3 rings (SSSR count). The number of carbonyl (C=O) groups is 4. The highest BCUT2D eigenvalue weighted by molar-refractivity contribution is 5.90. The number of likely N-dealkylation sites (N-methyl/N-ethyl adjacent to an activating group) is 1. The van der Waals surface area contributed by atoms with Crippen molar-refractivity contribution >= 4 is 23.9 Å². The first kappa shape index (κ1) is 20.4. The molecule has 2 bridgehead atoms. The fourth-order valence-corrected chi connectivity index (χ4v) is 4.67. The van der Waals surface area contributed by atoms with Crippen molar-refractivity contribution in [1.29, 1.82) is 0 Å². The summed E-state index contributed by atoms with van der Waals surface area (Å²) in [7, 11) is 2.97. The summed E-state index contributed by atoms with van der Waals surface area (Å²) < 4.78 is 10.4. The Labute approximate surface area is 164 Å². The van der Waals surface area contributed by atoms with Gasteiger partial charge in [-0.25, -0.2) is 4.79 Å². The number of methoxy groups -OCH3 is 1. The molecule has 0 aromatic heterocycles. The monoisotopic (exact) mass is 395 g/mol. The highest BCUT2D eigenvalue weighted by atomic mass is 16.6. The molecular formula is C19H29N3O6. The van der Waals surface area contributed by atoms with Crippen molar-refractivity contribution < 1.29 is 28.7 Å². The minimum absolute atomic E-state index is 0.0295. The van der Waals surface area contributed by atoms with Gasteiger partial charge in [0.05, 0.1) is 25.0 Å². The molecule has 0 saturated carbocycles. The Hall–Kier alpha value is -2.32. The number of hydrogen-bond acceptors (Lipinski definition) is 6. The second-order valence-corrected chi connectivity index (χ2v) is 8.86. The zero-order valence-corrected chi connectivity index (χ0v) is 17.1. The first-order chi connectivity index (χ1) is 13.0. The molecule has 3 aliphatic rings. The molecule has 3 amide bonds. The maximum Gasteiger partial charge on any atom is 0.410 e. The van der Waals surface area contributed by atoms with Crippen LogP contribution in [-0.2, 0) is 23.9 Å². The molecule has 0 radical (unpaired) electrons. The number of amides is 3. The number of esters is 1. The fraction of sp³-hybridized carbons (Fsp3) is 0.789. The van der Waals surface area contributed by atoms with Crippen LogP contribution in [0.5, 0.6) is 0 Å². The first-order valence-corrected chi connectivity index (χ1v) is 9.67. The van der Waals surface area contributed by atoms with Gasteiger partial charge in [-0.2, -0.15) is 0 Å². The molecule has 156 valence electrons. The average Bonchev–Trinajstić information content (AvgIpc) is 3.24. The third-order valence-electron chi connectivity index (χ3n) is 5.76. The van der Waals surface area contributed by atoms with Crippen LogP contribution < -0.4 is 5.32 Å². The molecule has 3 saturated heterocycles. The molecule has 28 heavy (non-hydrogen) atoms. The number of nitrogens with one attached hydrogen (secondary N) is 1. The maximum absolute atomic E-state index is 13.1. The van der Waals surface area contributed by atoms with Crippen LogP contribution in [0.1, 0.15) is 40.0 Å². The summed E-state index contributed by atoms with van der Waals surface area (Å²) in [6.45, 7) is 5.76. The second-order valence-electron chi connectivity index (χ2n) is 8.86. The van der Waals surface area contributed by atoms with E-state index in [1.54, 1.807) is 37.6 Å². The smallest absolute Gasteiger partial charge is 0.410 e. The molecule has 3 fully saturated rings. The fourth-order valence-electron chi connectivity index (χ4n) is 4.67. The van der Waals surface area contributed by atoms with E-state index in [0.29, 0.717) is 19.4 Å². The zero-order chi connectivity index (χ0) is 20.8. The lowest BCUT2D eigenvalue weighted by atomic mass is 9.78. The van der Waals surface area contributed by atoms with E-state index in [0.717, 1.165) is 0 Å². The summed E-state index contributed by atoms with van der Waals surface area (Å²) >= 11 is 0. The summed E-state index contributed by atoms with van der Waals surface area (Å²) in [6.07, 6.45) is 0.971. The number of hydrogen-bond donors (Lipinski definition) is 1. The number of fused-ring (bicyclic) bond motifs is 2. The minimum atomic E-state index is -0.730. The summed E-state index contributed by atoms with van der Waals surface area (Å²) in [5, 5.41) is 2.90. The molecule has 0 aromatic carbocycles. The third kappa shape index (κ3) is 3.66. The van der Waals surface area contributed by atoms with E-state index in [2.05, 4.69) is 5.32 Å². The SMILES string of the molecule is COC(=O)[C@H]1[C@@H](C(=O)NC2CC(=O)N(C)C2)[C@@H]2CC[C@@H]1N2C(=O)OC(C)(C)C. The Morgan fingerprint density at radius 3 is 2.21 bits per heavy atom. The minimum Gasteiger partial charge on any atom is -0.469 e. The van der Waals surface area contributed by atoms with E-state index >= 15 is 0 Å². The van der Waals surface area contributed by atoms with Gasteiger partial charge < -0.3 is 24.6 Å². The summed E-state index contributed by atoms with van der Waals surface area (Å²) in [5.41, 5.74) is -0.674.